The summed E-state index contributed by atoms with van der Waals surface area (Å²) in [6.07, 6.45) is 3.66. The van der Waals surface area contributed by atoms with E-state index in [9.17, 15) is 4.39 Å². The highest BCUT2D eigenvalue weighted by Crippen LogP contribution is 2.34. The first kappa shape index (κ1) is 14.1. The topological polar surface area (TPSA) is 37.8 Å². The highest BCUT2D eigenvalue weighted by molar-refractivity contribution is 5.25. The Labute approximate surface area is 124 Å². The predicted molar refractivity (Wildman–Crippen MR) is 80.7 cm³/mol. The molecule has 1 saturated heterocycles. The third kappa shape index (κ3) is 2.95. The molecule has 0 amide bonds. The first-order valence-electron chi connectivity index (χ1n) is 7.38. The fourth-order valence-electron chi connectivity index (χ4n) is 3.09. The molecule has 3 rings (SSSR count). The molecule has 110 valence electrons. The molecule has 0 spiro atoms. The van der Waals surface area contributed by atoms with Crippen LogP contribution in [0.25, 0.3) is 0 Å². The lowest BCUT2D eigenvalue weighted by molar-refractivity contribution is 0.180. The van der Waals surface area contributed by atoms with Crippen LogP contribution in [-0.2, 0) is 0 Å². The second-order valence-corrected chi connectivity index (χ2v) is 5.75. The summed E-state index contributed by atoms with van der Waals surface area (Å²) in [4.78, 5) is 8.87. The third-order valence-corrected chi connectivity index (χ3v) is 4.15. The molecule has 0 aliphatic carbocycles. The zero-order valence-electron chi connectivity index (χ0n) is 12.4. The Bertz CT molecular complexity index is 575. The van der Waals surface area contributed by atoms with Gasteiger partial charge < -0.3 is 5.32 Å². The van der Waals surface area contributed by atoms with Gasteiger partial charge in [0.1, 0.15) is 6.17 Å². The number of halogens is 1. The standard InChI is InChI=1S/C17H20FN3/c1-11-5-3-7-19-16(11)14-9-13(18)10-15(21-14)17-12(2)6-4-8-20-17/h3-8,13-15,21H,9-10H2,1-2H3/t13?,14-,15+. The van der Waals surface area contributed by atoms with Crippen LogP contribution in [0.4, 0.5) is 4.39 Å². The van der Waals surface area contributed by atoms with E-state index in [1.165, 1.54) is 0 Å². The van der Waals surface area contributed by atoms with Crippen molar-refractivity contribution in [2.24, 2.45) is 0 Å². The van der Waals surface area contributed by atoms with Crippen molar-refractivity contribution in [1.29, 1.82) is 0 Å². The number of nitrogens with one attached hydrogen (secondary N) is 1. The largest absolute Gasteiger partial charge is 0.300 e. The number of alkyl halides is 1. The third-order valence-electron chi connectivity index (χ3n) is 4.15. The van der Waals surface area contributed by atoms with Crippen LogP contribution in [0.3, 0.4) is 0 Å². The summed E-state index contributed by atoms with van der Waals surface area (Å²) in [5.41, 5.74) is 4.08. The monoisotopic (exact) mass is 285 g/mol. The number of piperidine rings is 1. The number of hydrogen-bond acceptors (Lipinski definition) is 3. The Morgan fingerprint density at radius 2 is 1.43 bits per heavy atom. The average molecular weight is 285 g/mol. The van der Waals surface area contributed by atoms with Gasteiger partial charge in [-0.25, -0.2) is 4.39 Å². The number of nitrogens with zero attached hydrogens (tertiary/aromatic N) is 2. The molecule has 1 aliphatic rings. The second-order valence-electron chi connectivity index (χ2n) is 5.75. The van der Waals surface area contributed by atoms with Crippen molar-refractivity contribution < 1.29 is 4.39 Å². The lowest BCUT2D eigenvalue weighted by atomic mass is 9.90. The molecule has 2 aromatic heterocycles. The van der Waals surface area contributed by atoms with Crippen molar-refractivity contribution in [3.63, 3.8) is 0 Å². The maximum Gasteiger partial charge on any atom is 0.104 e. The highest BCUT2D eigenvalue weighted by atomic mass is 19.1. The van der Waals surface area contributed by atoms with Gasteiger partial charge in [-0.15, -0.1) is 0 Å². The van der Waals surface area contributed by atoms with Gasteiger partial charge in [0, 0.05) is 12.4 Å². The minimum absolute atomic E-state index is 0.0543. The first-order valence-corrected chi connectivity index (χ1v) is 7.38. The molecule has 21 heavy (non-hydrogen) atoms. The molecule has 2 aromatic rings. The fraction of sp³-hybridized carbons (Fsp3) is 0.412. The van der Waals surface area contributed by atoms with Gasteiger partial charge in [-0.3, -0.25) is 9.97 Å². The molecule has 0 radical (unpaired) electrons. The Morgan fingerprint density at radius 3 is 1.86 bits per heavy atom. The minimum atomic E-state index is -0.830. The molecule has 0 aromatic carbocycles. The summed E-state index contributed by atoms with van der Waals surface area (Å²) in [5, 5.41) is 3.53. The summed E-state index contributed by atoms with van der Waals surface area (Å²) < 4.78 is 14.2. The molecule has 4 heteroatoms. The van der Waals surface area contributed by atoms with Crippen LogP contribution in [0, 0.1) is 13.8 Å². The zero-order chi connectivity index (χ0) is 14.8. The molecular formula is C17H20FN3. The molecule has 1 unspecified atom stereocenters. The quantitative estimate of drug-likeness (QED) is 0.916. The fourth-order valence-corrected chi connectivity index (χ4v) is 3.09. The van der Waals surface area contributed by atoms with Crippen molar-refractivity contribution in [3.05, 3.63) is 59.2 Å². The number of hydrogen-bond donors (Lipinski definition) is 1. The van der Waals surface area contributed by atoms with E-state index in [4.69, 9.17) is 0 Å². The number of rotatable bonds is 2. The lowest BCUT2D eigenvalue weighted by Gasteiger charge is -2.33. The van der Waals surface area contributed by atoms with Gasteiger partial charge >= 0.3 is 0 Å². The summed E-state index contributed by atoms with van der Waals surface area (Å²) in [7, 11) is 0. The average Bonchev–Trinajstić information content (AvgIpc) is 2.47. The van der Waals surface area contributed by atoms with Crippen molar-refractivity contribution in [2.45, 2.75) is 44.9 Å². The van der Waals surface area contributed by atoms with E-state index in [1.807, 2.05) is 38.1 Å². The van der Waals surface area contributed by atoms with Gasteiger partial charge in [0.25, 0.3) is 0 Å². The van der Waals surface area contributed by atoms with Crippen LogP contribution in [0.2, 0.25) is 0 Å². The Kier molecular flexibility index (Phi) is 3.97. The maximum absolute atomic E-state index is 14.2. The smallest absolute Gasteiger partial charge is 0.104 e. The Morgan fingerprint density at radius 1 is 0.952 bits per heavy atom. The number of pyridine rings is 2. The van der Waals surface area contributed by atoms with Crippen LogP contribution < -0.4 is 5.32 Å². The molecule has 1 N–H and O–H groups in total. The number of aromatic nitrogens is 2. The van der Waals surface area contributed by atoms with Gasteiger partial charge in [0.15, 0.2) is 0 Å². The maximum atomic E-state index is 14.2. The van der Waals surface area contributed by atoms with Crippen LogP contribution in [-0.4, -0.2) is 16.1 Å². The van der Waals surface area contributed by atoms with Crippen LogP contribution in [0.1, 0.15) is 47.4 Å². The van der Waals surface area contributed by atoms with Crippen molar-refractivity contribution in [2.75, 3.05) is 0 Å². The molecule has 1 aliphatic heterocycles. The Hall–Kier alpha value is -1.81. The second kappa shape index (κ2) is 5.90. The molecule has 3 atom stereocenters. The van der Waals surface area contributed by atoms with E-state index in [0.29, 0.717) is 12.8 Å². The van der Waals surface area contributed by atoms with Gasteiger partial charge in [-0.2, -0.15) is 0 Å². The summed E-state index contributed by atoms with van der Waals surface area (Å²) >= 11 is 0. The van der Waals surface area contributed by atoms with E-state index in [-0.39, 0.29) is 12.1 Å². The molecule has 3 nitrogen and oxygen atoms in total. The highest BCUT2D eigenvalue weighted by Gasteiger charge is 2.32. The van der Waals surface area contributed by atoms with E-state index >= 15 is 0 Å². The van der Waals surface area contributed by atoms with Crippen LogP contribution in [0.5, 0.6) is 0 Å². The minimum Gasteiger partial charge on any atom is -0.300 e. The van der Waals surface area contributed by atoms with E-state index in [0.717, 1.165) is 22.5 Å². The summed E-state index contributed by atoms with van der Waals surface area (Å²) in [6, 6.07) is 7.76. The Balaban J connectivity index is 1.89. The van der Waals surface area contributed by atoms with Crippen LogP contribution >= 0.6 is 0 Å². The van der Waals surface area contributed by atoms with Crippen molar-refractivity contribution in [1.82, 2.24) is 15.3 Å². The lowest BCUT2D eigenvalue weighted by Crippen LogP contribution is -2.37. The first-order chi connectivity index (χ1) is 10.1. The molecular weight excluding hydrogens is 265 g/mol. The molecule has 1 fully saturated rings. The normalized spacial score (nSPS) is 25.8. The van der Waals surface area contributed by atoms with Crippen LogP contribution in [0.15, 0.2) is 36.7 Å². The zero-order valence-corrected chi connectivity index (χ0v) is 12.4. The SMILES string of the molecule is Cc1cccnc1[C@@H]1CC(F)C[C@H](c2ncccc2C)N1. The number of aryl methyl sites for hydroxylation is 2. The van der Waals surface area contributed by atoms with Gasteiger partial charge in [0.05, 0.1) is 23.5 Å². The molecule has 0 saturated carbocycles. The molecule has 0 bridgehead atoms. The van der Waals surface area contributed by atoms with Gasteiger partial charge in [0.2, 0.25) is 0 Å². The van der Waals surface area contributed by atoms with Gasteiger partial charge in [-0.1, -0.05) is 12.1 Å². The summed E-state index contributed by atoms with van der Waals surface area (Å²) in [6.45, 7) is 4.04. The van der Waals surface area contributed by atoms with E-state index in [1.54, 1.807) is 12.4 Å². The summed E-state index contributed by atoms with van der Waals surface area (Å²) in [5.74, 6) is 0. The molecule has 3 heterocycles. The predicted octanol–water partition coefficient (Wildman–Crippen LogP) is 3.60. The van der Waals surface area contributed by atoms with Gasteiger partial charge in [-0.05, 0) is 49.9 Å². The van der Waals surface area contributed by atoms with Crippen molar-refractivity contribution >= 4 is 0 Å². The van der Waals surface area contributed by atoms with E-state index < -0.39 is 6.17 Å². The van der Waals surface area contributed by atoms with Crippen molar-refractivity contribution in [3.8, 4) is 0 Å². The van der Waals surface area contributed by atoms with E-state index in [2.05, 4.69) is 15.3 Å².